The maximum Gasteiger partial charge on any atom is 0.265 e. The molecule has 6 nitrogen and oxygen atoms in total. The van der Waals surface area contributed by atoms with Crippen LogP contribution in [-0.4, -0.2) is 35.4 Å². The van der Waals surface area contributed by atoms with Gasteiger partial charge in [-0.3, -0.25) is 14.4 Å². The van der Waals surface area contributed by atoms with Crippen LogP contribution in [0.25, 0.3) is 10.2 Å². The summed E-state index contributed by atoms with van der Waals surface area (Å²) in [6.07, 6.45) is 0. The van der Waals surface area contributed by atoms with Crippen LogP contribution < -0.4 is 16.2 Å². The number of benzene rings is 2. The molecule has 1 saturated heterocycles. The molecule has 0 unspecified atom stereocenters. The third-order valence-corrected chi connectivity index (χ3v) is 7.13. The number of hydrogen-bond acceptors (Lipinski definition) is 6. The number of carbonyl (C=O) groups excluding carboxylic acids is 2. The van der Waals surface area contributed by atoms with Crippen molar-refractivity contribution in [3.63, 3.8) is 0 Å². The van der Waals surface area contributed by atoms with E-state index in [1.807, 2.05) is 19.1 Å². The van der Waals surface area contributed by atoms with Crippen LogP contribution in [-0.2, 0) is 0 Å². The van der Waals surface area contributed by atoms with Crippen LogP contribution in [0.5, 0.6) is 0 Å². The topological polar surface area (TPSA) is 80.2 Å². The highest BCUT2D eigenvalue weighted by molar-refractivity contribution is 7.23. The van der Waals surface area contributed by atoms with E-state index in [-0.39, 0.29) is 17.6 Å². The molecule has 0 amide bonds. The SMILES string of the molecule is Cc1ccc(C(=O)n2c(=O)ccc3c(C(=O)c4ccc(F)c(C)c4)c(NC4CNC4)sc32)cc1. The van der Waals surface area contributed by atoms with E-state index in [1.165, 1.54) is 35.6 Å². The summed E-state index contributed by atoms with van der Waals surface area (Å²) < 4.78 is 15.0. The Kier molecular flexibility index (Phi) is 5.63. The molecule has 172 valence electrons. The molecule has 0 saturated carbocycles. The van der Waals surface area contributed by atoms with E-state index in [4.69, 9.17) is 0 Å². The Hall–Kier alpha value is -3.62. The summed E-state index contributed by atoms with van der Waals surface area (Å²) >= 11 is 1.21. The summed E-state index contributed by atoms with van der Waals surface area (Å²) in [6.45, 7) is 5.01. The van der Waals surface area contributed by atoms with E-state index in [2.05, 4.69) is 10.6 Å². The summed E-state index contributed by atoms with van der Waals surface area (Å²) in [7, 11) is 0. The zero-order valence-electron chi connectivity index (χ0n) is 18.6. The highest BCUT2D eigenvalue weighted by Crippen LogP contribution is 2.37. The molecule has 2 aromatic carbocycles. The molecule has 3 heterocycles. The molecule has 8 heteroatoms. The molecule has 0 aliphatic carbocycles. The van der Waals surface area contributed by atoms with Crippen LogP contribution in [0.2, 0.25) is 0 Å². The van der Waals surface area contributed by atoms with Crippen molar-refractivity contribution in [2.45, 2.75) is 19.9 Å². The molecule has 0 atom stereocenters. The number of ketones is 1. The number of aryl methyl sites for hydroxylation is 2. The van der Waals surface area contributed by atoms with Crippen molar-refractivity contribution in [2.75, 3.05) is 18.4 Å². The van der Waals surface area contributed by atoms with E-state index in [9.17, 15) is 18.8 Å². The van der Waals surface area contributed by atoms with Gasteiger partial charge in [-0.05, 0) is 55.8 Å². The van der Waals surface area contributed by atoms with E-state index in [0.29, 0.717) is 37.5 Å². The van der Waals surface area contributed by atoms with Gasteiger partial charge in [-0.25, -0.2) is 8.96 Å². The van der Waals surface area contributed by atoms with Gasteiger partial charge in [0.15, 0.2) is 5.78 Å². The summed E-state index contributed by atoms with van der Waals surface area (Å²) in [5.74, 6) is -1.13. The van der Waals surface area contributed by atoms with Crippen LogP contribution in [0.3, 0.4) is 0 Å². The fraction of sp³-hybridized carbons (Fsp3) is 0.192. The number of nitrogens with zero attached hydrogens (tertiary/aromatic N) is 1. The van der Waals surface area contributed by atoms with Gasteiger partial charge in [0.2, 0.25) is 0 Å². The first kappa shape index (κ1) is 22.2. The maximum absolute atomic E-state index is 13.8. The lowest BCUT2D eigenvalue weighted by Crippen LogP contribution is -2.51. The van der Waals surface area contributed by atoms with Crippen molar-refractivity contribution in [3.05, 3.63) is 98.6 Å². The molecule has 2 aromatic heterocycles. The lowest BCUT2D eigenvalue weighted by molar-refractivity contribution is 0.0960. The van der Waals surface area contributed by atoms with Gasteiger partial charge < -0.3 is 10.6 Å². The number of carbonyl (C=O) groups is 2. The zero-order valence-corrected chi connectivity index (χ0v) is 19.5. The van der Waals surface area contributed by atoms with E-state index < -0.39 is 11.5 Å². The number of pyridine rings is 1. The van der Waals surface area contributed by atoms with Gasteiger partial charge in [-0.1, -0.05) is 29.0 Å². The van der Waals surface area contributed by atoms with Crippen molar-refractivity contribution >= 4 is 38.2 Å². The minimum atomic E-state index is -0.465. The number of aromatic nitrogens is 1. The first-order valence-electron chi connectivity index (χ1n) is 10.9. The van der Waals surface area contributed by atoms with Crippen LogP contribution >= 0.6 is 11.3 Å². The second-order valence-electron chi connectivity index (χ2n) is 8.50. The highest BCUT2D eigenvalue weighted by Gasteiger charge is 2.27. The average molecular weight is 476 g/mol. The van der Waals surface area contributed by atoms with Gasteiger partial charge in [0.05, 0.1) is 11.6 Å². The Labute approximate surface area is 199 Å². The summed E-state index contributed by atoms with van der Waals surface area (Å²) in [4.78, 5) is 40.2. The molecule has 0 bridgehead atoms. The van der Waals surface area contributed by atoms with Gasteiger partial charge in [0.1, 0.15) is 15.6 Å². The van der Waals surface area contributed by atoms with Gasteiger partial charge >= 0.3 is 0 Å². The number of halogens is 1. The van der Waals surface area contributed by atoms with Gasteiger partial charge in [-0.15, -0.1) is 0 Å². The Morgan fingerprint density at radius 1 is 1.03 bits per heavy atom. The normalized spacial score (nSPS) is 13.6. The Balaban J connectivity index is 1.70. The molecule has 1 aliphatic rings. The fourth-order valence-electron chi connectivity index (χ4n) is 3.93. The fourth-order valence-corrected chi connectivity index (χ4v) is 5.20. The van der Waals surface area contributed by atoms with Gasteiger partial charge in [0.25, 0.3) is 11.5 Å². The van der Waals surface area contributed by atoms with Crippen molar-refractivity contribution in [1.82, 2.24) is 9.88 Å². The molecular formula is C26H22FN3O3S. The smallest absolute Gasteiger partial charge is 0.265 e. The Morgan fingerprint density at radius 3 is 2.38 bits per heavy atom. The number of thiophene rings is 1. The van der Waals surface area contributed by atoms with Crippen LogP contribution in [0.1, 0.15) is 37.4 Å². The van der Waals surface area contributed by atoms with Crippen molar-refractivity contribution in [2.24, 2.45) is 0 Å². The summed E-state index contributed by atoms with van der Waals surface area (Å²) in [5.41, 5.74) is 2.01. The first-order chi connectivity index (χ1) is 16.3. The van der Waals surface area contributed by atoms with Crippen molar-refractivity contribution in [3.8, 4) is 0 Å². The van der Waals surface area contributed by atoms with Crippen LogP contribution in [0.15, 0.2) is 59.4 Å². The third-order valence-electron chi connectivity index (χ3n) is 6.01. The highest BCUT2D eigenvalue weighted by atomic mass is 32.1. The van der Waals surface area contributed by atoms with Gasteiger partial charge in [-0.2, -0.15) is 0 Å². The Morgan fingerprint density at radius 2 is 1.74 bits per heavy atom. The standard InChI is InChI=1S/C26H22FN3O3S/c1-14-3-5-16(6-4-14)25(33)30-21(31)10-8-19-22(23(32)17-7-9-20(27)15(2)11-17)24(34-26(19)30)29-18-12-28-13-18/h3-11,18,28-29H,12-13H2,1-2H3. The Bertz CT molecular complexity index is 1500. The second kappa shape index (κ2) is 8.62. The molecule has 0 spiro atoms. The predicted molar refractivity (Wildman–Crippen MR) is 132 cm³/mol. The van der Waals surface area contributed by atoms with E-state index in [0.717, 1.165) is 23.2 Å². The molecule has 0 radical (unpaired) electrons. The molecule has 34 heavy (non-hydrogen) atoms. The molecule has 2 N–H and O–H groups in total. The first-order valence-corrected chi connectivity index (χ1v) is 11.7. The number of rotatable bonds is 5. The quantitative estimate of drug-likeness (QED) is 0.425. The lowest BCUT2D eigenvalue weighted by atomic mass is 10.00. The number of nitrogens with one attached hydrogen (secondary N) is 2. The number of anilines is 1. The zero-order chi connectivity index (χ0) is 24.0. The summed E-state index contributed by atoms with van der Waals surface area (Å²) in [5, 5.41) is 7.65. The minimum Gasteiger partial charge on any atom is -0.371 e. The molecule has 1 fully saturated rings. The van der Waals surface area contributed by atoms with Gasteiger partial charge in [0, 0.05) is 35.7 Å². The molecule has 5 rings (SSSR count). The number of fused-ring (bicyclic) bond motifs is 1. The monoisotopic (exact) mass is 475 g/mol. The van der Waals surface area contributed by atoms with E-state index >= 15 is 0 Å². The van der Waals surface area contributed by atoms with E-state index in [1.54, 1.807) is 25.1 Å². The molecular weight excluding hydrogens is 453 g/mol. The van der Waals surface area contributed by atoms with Crippen molar-refractivity contribution in [1.29, 1.82) is 0 Å². The third kappa shape index (κ3) is 3.85. The molecule has 1 aliphatic heterocycles. The largest absolute Gasteiger partial charge is 0.371 e. The van der Waals surface area contributed by atoms with Crippen LogP contribution in [0.4, 0.5) is 9.39 Å². The van der Waals surface area contributed by atoms with Crippen molar-refractivity contribution < 1.29 is 14.0 Å². The minimum absolute atomic E-state index is 0.127. The maximum atomic E-state index is 13.8. The summed E-state index contributed by atoms with van der Waals surface area (Å²) in [6, 6.07) is 14.3. The predicted octanol–water partition coefficient (Wildman–Crippen LogP) is 4.12. The lowest BCUT2D eigenvalue weighted by Gasteiger charge is -2.28. The average Bonchev–Trinajstić information content (AvgIpc) is 3.15. The number of hydrogen-bond donors (Lipinski definition) is 2. The second-order valence-corrected chi connectivity index (χ2v) is 9.49. The molecule has 4 aromatic rings. The van der Waals surface area contributed by atoms with Crippen LogP contribution in [0, 0.1) is 19.7 Å².